The third-order valence-corrected chi connectivity index (χ3v) is 6.78. The number of carbonyl (C=O) groups excluding carboxylic acids is 1. The van der Waals surface area contributed by atoms with E-state index >= 15 is 0 Å². The number of nitrogens with one attached hydrogen (secondary N) is 2. The molecule has 0 radical (unpaired) electrons. The Labute approximate surface area is 164 Å². The highest BCUT2D eigenvalue weighted by molar-refractivity contribution is 7.87. The van der Waals surface area contributed by atoms with Crippen molar-refractivity contribution in [2.24, 2.45) is 0 Å². The second kappa shape index (κ2) is 8.17. The van der Waals surface area contributed by atoms with Crippen molar-refractivity contribution in [3.8, 4) is 0 Å². The van der Waals surface area contributed by atoms with E-state index < -0.39 is 40.6 Å². The summed E-state index contributed by atoms with van der Waals surface area (Å²) in [4.78, 5) is 16.9. The first-order chi connectivity index (χ1) is 12.8. The Morgan fingerprint density at radius 1 is 1.52 bits per heavy atom. The SMILES string of the molecule is O=C(Nc1ccc(F)c(Cl)c1)C1CC(c2nccs2)NS(=O)(=O)N1CCO. The van der Waals surface area contributed by atoms with Crippen LogP contribution in [0.25, 0.3) is 0 Å². The van der Waals surface area contributed by atoms with Crippen LogP contribution in [0.5, 0.6) is 0 Å². The molecular formula is C15H16ClFN4O4S2. The molecule has 1 fully saturated rings. The van der Waals surface area contributed by atoms with E-state index in [0.29, 0.717) is 5.01 Å². The van der Waals surface area contributed by atoms with Crippen molar-refractivity contribution in [1.82, 2.24) is 14.0 Å². The summed E-state index contributed by atoms with van der Waals surface area (Å²) in [7, 11) is -4.02. The number of rotatable bonds is 5. The molecule has 1 aromatic heterocycles. The number of hydrogen-bond acceptors (Lipinski definition) is 6. The highest BCUT2D eigenvalue weighted by Crippen LogP contribution is 2.30. The van der Waals surface area contributed by atoms with E-state index in [4.69, 9.17) is 11.6 Å². The molecule has 3 N–H and O–H groups in total. The third-order valence-electron chi connectivity index (χ3n) is 3.97. The molecule has 0 spiro atoms. The highest BCUT2D eigenvalue weighted by Gasteiger charge is 2.43. The van der Waals surface area contributed by atoms with Crippen LogP contribution in [-0.4, -0.2) is 47.9 Å². The maximum absolute atomic E-state index is 13.3. The minimum Gasteiger partial charge on any atom is -0.395 e. The van der Waals surface area contributed by atoms with Gasteiger partial charge in [0.25, 0.3) is 10.2 Å². The van der Waals surface area contributed by atoms with Crippen LogP contribution in [0.15, 0.2) is 29.8 Å². The zero-order valence-corrected chi connectivity index (χ0v) is 16.2. The number of aliphatic hydroxyl groups is 1. The fourth-order valence-corrected chi connectivity index (χ4v) is 5.27. The number of amides is 1. The molecule has 146 valence electrons. The van der Waals surface area contributed by atoms with E-state index in [1.807, 2.05) is 0 Å². The zero-order valence-electron chi connectivity index (χ0n) is 13.8. The van der Waals surface area contributed by atoms with E-state index in [1.165, 1.54) is 23.5 Å². The third kappa shape index (κ3) is 4.45. The maximum atomic E-state index is 13.3. The van der Waals surface area contributed by atoms with Crippen LogP contribution in [0.2, 0.25) is 5.02 Å². The Bertz CT molecular complexity index is 926. The molecule has 1 aliphatic rings. The smallest absolute Gasteiger partial charge is 0.280 e. The minimum absolute atomic E-state index is 0.119. The molecule has 1 aromatic carbocycles. The number of thiazole rings is 1. The van der Waals surface area contributed by atoms with Gasteiger partial charge in [-0.05, 0) is 24.6 Å². The van der Waals surface area contributed by atoms with Gasteiger partial charge in [-0.25, -0.2) is 9.37 Å². The van der Waals surface area contributed by atoms with Gasteiger partial charge in [-0.1, -0.05) is 11.6 Å². The topological polar surface area (TPSA) is 112 Å². The minimum atomic E-state index is -4.02. The summed E-state index contributed by atoms with van der Waals surface area (Å²) >= 11 is 6.98. The van der Waals surface area contributed by atoms with Crippen molar-refractivity contribution in [2.45, 2.75) is 18.5 Å². The number of β-amino-alcohol motifs (C(OH)–C–C–N with tert-alkyl or cyclic N) is 1. The van der Waals surface area contributed by atoms with Gasteiger partial charge in [-0.3, -0.25) is 4.79 Å². The number of aliphatic hydroxyl groups excluding tert-OH is 1. The van der Waals surface area contributed by atoms with Crippen LogP contribution >= 0.6 is 22.9 Å². The lowest BCUT2D eigenvalue weighted by Gasteiger charge is -2.37. The van der Waals surface area contributed by atoms with Gasteiger partial charge in [0.2, 0.25) is 5.91 Å². The Balaban J connectivity index is 1.87. The quantitative estimate of drug-likeness (QED) is 0.660. The maximum Gasteiger partial charge on any atom is 0.280 e. The molecule has 12 heteroatoms. The monoisotopic (exact) mass is 434 g/mol. The Kier molecular flexibility index (Phi) is 6.08. The molecule has 2 aromatic rings. The lowest BCUT2D eigenvalue weighted by molar-refractivity contribution is -0.120. The van der Waals surface area contributed by atoms with E-state index in [9.17, 15) is 22.7 Å². The van der Waals surface area contributed by atoms with Crippen molar-refractivity contribution in [3.63, 3.8) is 0 Å². The van der Waals surface area contributed by atoms with Gasteiger partial charge in [0.05, 0.1) is 17.7 Å². The number of aromatic nitrogens is 1. The Morgan fingerprint density at radius 3 is 2.93 bits per heavy atom. The fourth-order valence-electron chi connectivity index (χ4n) is 2.77. The summed E-state index contributed by atoms with van der Waals surface area (Å²) in [6.07, 6.45) is 1.66. The van der Waals surface area contributed by atoms with E-state index in [0.717, 1.165) is 10.4 Å². The van der Waals surface area contributed by atoms with Crippen LogP contribution in [0.4, 0.5) is 10.1 Å². The van der Waals surface area contributed by atoms with Gasteiger partial charge in [-0.2, -0.15) is 17.4 Å². The standard InChI is InChI=1S/C15H16ClFN4O4S2/c16-10-7-9(1-2-11(10)17)19-14(23)13-8-12(15-18-3-6-26-15)20-27(24,25)21(13)4-5-22/h1-3,6-7,12-13,20,22H,4-5,8H2,(H,19,23). The molecule has 1 aliphatic heterocycles. The normalized spacial score (nSPS) is 22.5. The Hall–Kier alpha value is -1.63. The first-order valence-corrected chi connectivity index (χ1v) is 10.6. The molecule has 3 rings (SSSR count). The predicted molar refractivity (Wildman–Crippen MR) is 99.1 cm³/mol. The summed E-state index contributed by atoms with van der Waals surface area (Å²) in [5.74, 6) is -1.25. The van der Waals surface area contributed by atoms with Crippen molar-refractivity contribution in [2.75, 3.05) is 18.5 Å². The van der Waals surface area contributed by atoms with Crippen LogP contribution in [0, 0.1) is 5.82 Å². The molecular weight excluding hydrogens is 419 g/mol. The number of halogens is 2. The lowest BCUT2D eigenvalue weighted by Crippen LogP contribution is -2.58. The molecule has 0 bridgehead atoms. The van der Waals surface area contributed by atoms with E-state index in [2.05, 4.69) is 15.0 Å². The van der Waals surface area contributed by atoms with Crippen molar-refractivity contribution >= 4 is 44.7 Å². The predicted octanol–water partition coefficient (Wildman–Crippen LogP) is 1.52. The van der Waals surface area contributed by atoms with Crippen molar-refractivity contribution in [1.29, 1.82) is 0 Å². The summed E-state index contributed by atoms with van der Waals surface area (Å²) in [6, 6.07) is 1.90. The largest absolute Gasteiger partial charge is 0.395 e. The van der Waals surface area contributed by atoms with Gasteiger partial charge < -0.3 is 10.4 Å². The zero-order chi connectivity index (χ0) is 19.6. The molecule has 1 saturated heterocycles. The summed E-state index contributed by atoms with van der Waals surface area (Å²) in [6.45, 7) is -0.697. The molecule has 8 nitrogen and oxygen atoms in total. The molecule has 27 heavy (non-hydrogen) atoms. The molecule has 1 amide bonds. The van der Waals surface area contributed by atoms with Crippen LogP contribution in [0.3, 0.4) is 0 Å². The van der Waals surface area contributed by atoms with Gasteiger partial charge >= 0.3 is 0 Å². The highest BCUT2D eigenvalue weighted by atomic mass is 35.5. The summed E-state index contributed by atoms with van der Waals surface area (Å²) < 4.78 is 41.8. The lowest BCUT2D eigenvalue weighted by atomic mass is 10.1. The number of nitrogens with zero attached hydrogens (tertiary/aromatic N) is 2. The second-order valence-electron chi connectivity index (χ2n) is 5.75. The molecule has 2 heterocycles. The average Bonchev–Trinajstić information content (AvgIpc) is 3.14. The summed E-state index contributed by atoms with van der Waals surface area (Å²) in [5, 5.41) is 13.8. The average molecular weight is 435 g/mol. The van der Waals surface area contributed by atoms with Crippen molar-refractivity contribution in [3.05, 3.63) is 45.6 Å². The molecule has 2 unspecified atom stereocenters. The second-order valence-corrected chi connectivity index (χ2v) is 8.74. The van der Waals surface area contributed by atoms with E-state index in [1.54, 1.807) is 11.6 Å². The van der Waals surface area contributed by atoms with Crippen LogP contribution in [0.1, 0.15) is 17.5 Å². The number of carbonyl (C=O) groups is 1. The van der Waals surface area contributed by atoms with Gasteiger partial charge in [0, 0.05) is 23.8 Å². The molecule has 0 saturated carbocycles. The molecule has 0 aliphatic carbocycles. The summed E-state index contributed by atoms with van der Waals surface area (Å²) in [5.41, 5.74) is 0.233. The number of hydrogen-bond donors (Lipinski definition) is 3. The van der Waals surface area contributed by atoms with Gasteiger partial charge in [-0.15, -0.1) is 11.3 Å². The fraction of sp³-hybridized carbons (Fsp3) is 0.333. The van der Waals surface area contributed by atoms with Gasteiger partial charge in [0.15, 0.2) is 0 Å². The van der Waals surface area contributed by atoms with Gasteiger partial charge in [0.1, 0.15) is 16.9 Å². The number of benzene rings is 1. The van der Waals surface area contributed by atoms with Crippen LogP contribution in [-0.2, 0) is 15.0 Å². The Morgan fingerprint density at radius 2 is 2.30 bits per heavy atom. The first-order valence-electron chi connectivity index (χ1n) is 7.87. The van der Waals surface area contributed by atoms with Crippen molar-refractivity contribution < 1.29 is 22.7 Å². The number of anilines is 1. The van der Waals surface area contributed by atoms with E-state index in [-0.39, 0.29) is 23.7 Å². The molecule has 2 atom stereocenters. The first kappa shape index (κ1) is 20.1. The van der Waals surface area contributed by atoms with Crippen LogP contribution < -0.4 is 10.0 Å².